The number of hydrogen-bond acceptors (Lipinski definition) is 7. The van der Waals surface area contributed by atoms with Crippen molar-refractivity contribution in [3.8, 4) is 5.75 Å². The molecule has 0 saturated carbocycles. The number of hydroxylamine groups is 2. The van der Waals surface area contributed by atoms with Gasteiger partial charge in [-0.05, 0) is 26.0 Å². The predicted octanol–water partition coefficient (Wildman–Crippen LogP) is 2.08. The summed E-state index contributed by atoms with van der Waals surface area (Å²) in [5.41, 5.74) is 0. The summed E-state index contributed by atoms with van der Waals surface area (Å²) in [6, 6.07) is 8.06. The minimum Gasteiger partial charge on any atom is -0.412 e. The lowest BCUT2D eigenvalue weighted by Crippen LogP contribution is -2.32. The summed E-state index contributed by atoms with van der Waals surface area (Å²) >= 11 is 0. The number of methoxy groups -OCH3 is 1. The molecule has 1 N–H and O–H groups in total. The number of carbonyl (C=O) groups is 3. The molecular formula is C16H23N2O7P. The maximum absolute atomic E-state index is 12.5. The number of para-hydroxylation sites is 1. The summed E-state index contributed by atoms with van der Waals surface area (Å²) in [7, 11) is -2.38. The Morgan fingerprint density at radius 3 is 2.19 bits per heavy atom. The number of imide groups is 1. The molecule has 2 amide bonds. The Balaban J connectivity index is 0.000000597. The first-order chi connectivity index (χ1) is 12.3. The second-order valence-corrected chi connectivity index (χ2v) is 7.04. The van der Waals surface area contributed by atoms with Crippen molar-refractivity contribution in [3.05, 3.63) is 30.3 Å². The van der Waals surface area contributed by atoms with Gasteiger partial charge >= 0.3 is 7.75 Å². The maximum Gasteiger partial charge on any atom is 0.481 e. The standard InChI is InChI=1S/C12H13N2O6P.C4H10O/c15-9-8-13-21(18,19-10-4-2-1-3-5-10)20-14-11(16)6-7-12(14)17;1-4(2)5-3/h1-5,9H,6-8H2,(H,13,18);4H,1-3H3. The maximum atomic E-state index is 12.5. The van der Waals surface area contributed by atoms with Gasteiger partial charge in [-0.1, -0.05) is 18.2 Å². The van der Waals surface area contributed by atoms with Crippen molar-refractivity contribution in [2.45, 2.75) is 32.8 Å². The van der Waals surface area contributed by atoms with Crippen LogP contribution < -0.4 is 9.61 Å². The van der Waals surface area contributed by atoms with Gasteiger partial charge in [-0.2, -0.15) is 4.62 Å². The van der Waals surface area contributed by atoms with Gasteiger partial charge in [0.1, 0.15) is 12.0 Å². The highest BCUT2D eigenvalue weighted by Gasteiger charge is 2.39. The fraction of sp³-hybridized carbons (Fsp3) is 0.438. The number of hydrogen-bond donors (Lipinski definition) is 1. The van der Waals surface area contributed by atoms with Gasteiger partial charge in [0.2, 0.25) is 0 Å². The van der Waals surface area contributed by atoms with Crippen LogP contribution in [0.5, 0.6) is 5.75 Å². The van der Waals surface area contributed by atoms with Crippen molar-refractivity contribution in [1.29, 1.82) is 0 Å². The first kappa shape index (κ1) is 22.0. The Bertz CT molecular complexity index is 635. The molecule has 0 bridgehead atoms. The van der Waals surface area contributed by atoms with E-state index in [0.29, 0.717) is 17.5 Å². The van der Waals surface area contributed by atoms with E-state index in [4.69, 9.17) is 13.9 Å². The molecule has 1 unspecified atom stereocenters. The number of nitrogens with one attached hydrogen (secondary N) is 1. The quantitative estimate of drug-likeness (QED) is 0.411. The minimum atomic E-state index is -4.08. The first-order valence-corrected chi connectivity index (χ1v) is 9.47. The van der Waals surface area contributed by atoms with Crippen LogP contribution in [-0.2, 0) is 28.3 Å². The highest BCUT2D eigenvalue weighted by molar-refractivity contribution is 7.52. The summed E-state index contributed by atoms with van der Waals surface area (Å²) in [6.45, 7) is 3.68. The van der Waals surface area contributed by atoms with Crippen molar-refractivity contribution in [1.82, 2.24) is 10.2 Å². The topological polar surface area (TPSA) is 111 Å². The van der Waals surface area contributed by atoms with Gasteiger partial charge in [-0.3, -0.25) is 9.59 Å². The number of ether oxygens (including phenoxy) is 1. The Hall–Kier alpha value is -2.06. The average Bonchev–Trinajstić information content (AvgIpc) is 2.93. The van der Waals surface area contributed by atoms with Crippen LogP contribution in [0.25, 0.3) is 0 Å². The van der Waals surface area contributed by atoms with Crippen LogP contribution in [0.15, 0.2) is 30.3 Å². The van der Waals surface area contributed by atoms with Crippen molar-refractivity contribution in [3.63, 3.8) is 0 Å². The second-order valence-electron chi connectivity index (χ2n) is 5.38. The molecule has 1 atom stereocenters. The van der Waals surface area contributed by atoms with E-state index in [-0.39, 0.29) is 25.1 Å². The molecule has 1 fully saturated rings. The molecular weight excluding hydrogens is 363 g/mol. The van der Waals surface area contributed by atoms with Crippen molar-refractivity contribution < 1.29 is 32.8 Å². The zero-order chi connectivity index (χ0) is 19.6. The molecule has 9 nitrogen and oxygen atoms in total. The second kappa shape index (κ2) is 10.8. The Morgan fingerprint density at radius 2 is 1.73 bits per heavy atom. The van der Waals surface area contributed by atoms with E-state index >= 15 is 0 Å². The molecule has 1 saturated heterocycles. The monoisotopic (exact) mass is 386 g/mol. The minimum absolute atomic E-state index is 0.0160. The number of amides is 2. The molecule has 0 aliphatic carbocycles. The molecule has 0 aromatic heterocycles. The van der Waals surface area contributed by atoms with Gasteiger partial charge in [0.25, 0.3) is 11.8 Å². The highest BCUT2D eigenvalue weighted by Crippen LogP contribution is 2.45. The van der Waals surface area contributed by atoms with Gasteiger partial charge < -0.3 is 14.1 Å². The number of benzene rings is 1. The van der Waals surface area contributed by atoms with Crippen LogP contribution in [0, 0.1) is 0 Å². The van der Waals surface area contributed by atoms with Crippen molar-refractivity contribution in [2.75, 3.05) is 13.7 Å². The van der Waals surface area contributed by atoms with Crippen LogP contribution >= 0.6 is 7.75 Å². The zero-order valence-electron chi connectivity index (χ0n) is 14.9. The lowest BCUT2D eigenvalue weighted by atomic mass is 10.3. The number of carbonyl (C=O) groups excluding carboxylic acids is 3. The molecule has 1 aromatic rings. The lowest BCUT2D eigenvalue weighted by Gasteiger charge is -2.22. The summed E-state index contributed by atoms with van der Waals surface area (Å²) in [4.78, 5) is 33.4. The summed E-state index contributed by atoms with van der Waals surface area (Å²) < 4.78 is 27.4. The SMILES string of the molecule is COC(C)C.O=CCNP(=O)(Oc1ccccc1)ON1C(=O)CCC1=O. The third-order valence-corrected chi connectivity index (χ3v) is 4.40. The molecule has 1 aliphatic heterocycles. The van der Waals surface area contributed by atoms with Gasteiger partial charge in [-0.25, -0.2) is 9.65 Å². The zero-order valence-corrected chi connectivity index (χ0v) is 15.8. The molecule has 1 aromatic carbocycles. The molecule has 0 spiro atoms. The molecule has 1 aliphatic rings. The van der Waals surface area contributed by atoms with Gasteiger partial charge in [0.05, 0.1) is 12.6 Å². The number of nitrogens with zero attached hydrogens (tertiary/aromatic N) is 1. The average molecular weight is 386 g/mol. The molecule has 26 heavy (non-hydrogen) atoms. The van der Waals surface area contributed by atoms with E-state index in [1.807, 2.05) is 13.8 Å². The summed E-state index contributed by atoms with van der Waals surface area (Å²) in [5.74, 6) is -1.01. The van der Waals surface area contributed by atoms with Crippen molar-refractivity contribution in [2.24, 2.45) is 0 Å². The third kappa shape index (κ3) is 7.45. The van der Waals surface area contributed by atoms with Crippen LogP contribution in [0.2, 0.25) is 0 Å². The predicted molar refractivity (Wildman–Crippen MR) is 93.1 cm³/mol. The third-order valence-electron chi connectivity index (χ3n) is 3.00. The summed E-state index contributed by atoms with van der Waals surface area (Å²) in [5, 5.41) is 2.68. The van der Waals surface area contributed by atoms with Gasteiger partial charge in [-0.15, -0.1) is 5.06 Å². The largest absolute Gasteiger partial charge is 0.481 e. The van der Waals surface area contributed by atoms with Gasteiger partial charge in [0.15, 0.2) is 0 Å². The van der Waals surface area contributed by atoms with E-state index in [1.54, 1.807) is 25.3 Å². The Kier molecular flexibility index (Phi) is 9.15. The van der Waals surface area contributed by atoms with Crippen LogP contribution in [0.4, 0.5) is 0 Å². The van der Waals surface area contributed by atoms with E-state index in [1.165, 1.54) is 12.1 Å². The molecule has 0 radical (unpaired) electrons. The fourth-order valence-electron chi connectivity index (χ4n) is 1.60. The molecule has 10 heteroatoms. The Morgan fingerprint density at radius 1 is 1.19 bits per heavy atom. The fourth-order valence-corrected chi connectivity index (χ4v) is 2.85. The first-order valence-electron chi connectivity index (χ1n) is 7.93. The normalized spacial score (nSPS) is 16.1. The molecule has 144 valence electrons. The van der Waals surface area contributed by atoms with Crippen LogP contribution in [-0.4, -0.2) is 42.9 Å². The van der Waals surface area contributed by atoms with Crippen LogP contribution in [0.3, 0.4) is 0 Å². The van der Waals surface area contributed by atoms with E-state index in [2.05, 4.69) is 5.09 Å². The Labute approximate surface area is 152 Å². The molecule has 2 rings (SSSR count). The number of rotatable bonds is 8. The van der Waals surface area contributed by atoms with E-state index in [9.17, 15) is 18.9 Å². The lowest BCUT2D eigenvalue weighted by molar-refractivity contribution is -0.166. The van der Waals surface area contributed by atoms with Gasteiger partial charge in [0, 0.05) is 20.0 Å². The number of aldehydes is 1. The van der Waals surface area contributed by atoms with E-state index in [0.717, 1.165) is 0 Å². The smallest absolute Gasteiger partial charge is 0.412 e. The van der Waals surface area contributed by atoms with Crippen molar-refractivity contribution >= 4 is 25.8 Å². The molecule has 1 heterocycles. The van der Waals surface area contributed by atoms with Crippen LogP contribution in [0.1, 0.15) is 26.7 Å². The highest BCUT2D eigenvalue weighted by atomic mass is 31.2. The summed E-state index contributed by atoms with van der Waals surface area (Å²) in [6.07, 6.45) is 0.809. The van der Waals surface area contributed by atoms with E-state index < -0.39 is 19.6 Å².